The van der Waals surface area contributed by atoms with Crippen molar-refractivity contribution in [3.05, 3.63) is 35.4 Å². The molecule has 21 heavy (non-hydrogen) atoms. The van der Waals surface area contributed by atoms with E-state index in [-0.39, 0.29) is 12.2 Å². The molecule has 1 aromatic carbocycles. The van der Waals surface area contributed by atoms with Gasteiger partial charge in [0.1, 0.15) is 0 Å². The predicted molar refractivity (Wildman–Crippen MR) is 77.2 cm³/mol. The third-order valence-corrected chi connectivity index (χ3v) is 3.86. The molecule has 0 aliphatic heterocycles. The normalized spacial score (nSPS) is 12.8. The molecule has 5 heteroatoms. The average molecular weight is 301 g/mol. The number of alkyl halides is 3. The van der Waals surface area contributed by atoms with Crippen LogP contribution in [0.3, 0.4) is 0 Å². The molecule has 0 atom stereocenters. The van der Waals surface area contributed by atoms with E-state index < -0.39 is 17.3 Å². The zero-order valence-electron chi connectivity index (χ0n) is 12.9. The molecule has 0 aliphatic carbocycles. The summed E-state index contributed by atoms with van der Waals surface area (Å²) in [4.78, 5) is 14.4. The van der Waals surface area contributed by atoms with Crippen molar-refractivity contribution < 1.29 is 18.0 Å². The van der Waals surface area contributed by atoms with Crippen LogP contribution in [0.1, 0.15) is 38.8 Å². The van der Waals surface area contributed by atoms with Crippen LogP contribution >= 0.6 is 0 Å². The second-order valence-electron chi connectivity index (χ2n) is 5.53. The number of likely N-dealkylation sites (N-methyl/N-ethyl adjacent to an activating group) is 1. The topological polar surface area (TPSA) is 20.3 Å². The van der Waals surface area contributed by atoms with E-state index in [4.69, 9.17) is 0 Å². The van der Waals surface area contributed by atoms with Gasteiger partial charge >= 0.3 is 6.18 Å². The Morgan fingerprint density at radius 3 is 2.19 bits per heavy atom. The van der Waals surface area contributed by atoms with Gasteiger partial charge < -0.3 is 0 Å². The summed E-state index contributed by atoms with van der Waals surface area (Å²) >= 11 is 0. The molecule has 0 aromatic heterocycles. The summed E-state index contributed by atoms with van der Waals surface area (Å²) in [6.07, 6.45) is -4.37. The third kappa shape index (κ3) is 4.30. The molecule has 1 aromatic rings. The quantitative estimate of drug-likeness (QED) is 0.793. The molecule has 0 saturated carbocycles. The van der Waals surface area contributed by atoms with Crippen molar-refractivity contribution in [1.82, 2.24) is 4.90 Å². The van der Waals surface area contributed by atoms with Crippen LogP contribution in [-0.2, 0) is 17.4 Å². The molecule has 2 nitrogen and oxygen atoms in total. The monoisotopic (exact) mass is 301 g/mol. The number of hydrogen-bond donors (Lipinski definition) is 0. The molecule has 0 bridgehead atoms. The number of hydrogen-bond acceptors (Lipinski definition) is 2. The number of carbonyl (C=O) groups excluding carboxylic acids is 1. The van der Waals surface area contributed by atoms with Crippen LogP contribution in [0.15, 0.2) is 24.3 Å². The van der Waals surface area contributed by atoms with Crippen molar-refractivity contribution >= 4 is 5.78 Å². The molecule has 0 unspecified atom stereocenters. The highest BCUT2D eigenvalue weighted by Crippen LogP contribution is 2.30. The fourth-order valence-electron chi connectivity index (χ4n) is 2.45. The summed E-state index contributed by atoms with van der Waals surface area (Å²) in [5.41, 5.74) is -0.999. The minimum absolute atomic E-state index is 0.00736. The molecule has 1 rings (SSSR count). The maximum atomic E-state index is 12.7. The van der Waals surface area contributed by atoms with E-state index in [1.54, 1.807) is 6.07 Å². The van der Waals surface area contributed by atoms with Gasteiger partial charge in [-0.15, -0.1) is 0 Å². The van der Waals surface area contributed by atoms with Crippen molar-refractivity contribution in [2.24, 2.45) is 0 Å². The molecule has 0 spiro atoms. The SMILES string of the molecule is CCN(CC)C(C)(C)C(=O)Cc1cccc(C(F)(F)F)c1. The lowest BCUT2D eigenvalue weighted by Crippen LogP contribution is -2.50. The van der Waals surface area contributed by atoms with Gasteiger partial charge in [0, 0.05) is 6.42 Å². The van der Waals surface area contributed by atoms with Crippen LogP contribution in [0.5, 0.6) is 0 Å². The Morgan fingerprint density at radius 1 is 1.14 bits per heavy atom. The number of halogens is 3. The summed E-state index contributed by atoms with van der Waals surface area (Å²) in [6.45, 7) is 8.99. The Labute approximate surface area is 123 Å². The van der Waals surface area contributed by atoms with Crippen LogP contribution in [-0.4, -0.2) is 29.3 Å². The van der Waals surface area contributed by atoms with E-state index in [0.717, 1.165) is 25.2 Å². The first-order valence-corrected chi connectivity index (χ1v) is 7.07. The van der Waals surface area contributed by atoms with E-state index in [2.05, 4.69) is 0 Å². The number of benzene rings is 1. The molecule has 0 aliphatic rings. The van der Waals surface area contributed by atoms with Gasteiger partial charge in [-0.2, -0.15) is 13.2 Å². The lowest BCUT2D eigenvalue weighted by Gasteiger charge is -2.35. The molecule has 0 radical (unpaired) electrons. The van der Waals surface area contributed by atoms with E-state index >= 15 is 0 Å². The highest BCUT2D eigenvalue weighted by Gasteiger charge is 2.33. The van der Waals surface area contributed by atoms with Crippen molar-refractivity contribution in [2.75, 3.05) is 13.1 Å². The molecule has 0 heterocycles. The number of nitrogens with zero attached hydrogens (tertiary/aromatic N) is 1. The molecule has 118 valence electrons. The van der Waals surface area contributed by atoms with Crippen LogP contribution in [0, 0.1) is 0 Å². The third-order valence-electron chi connectivity index (χ3n) is 3.86. The second kappa shape index (κ2) is 6.60. The zero-order valence-corrected chi connectivity index (χ0v) is 12.9. The van der Waals surface area contributed by atoms with Gasteiger partial charge in [-0.1, -0.05) is 32.0 Å². The Balaban J connectivity index is 2.93. The van der Waals surface area contributed by atoms with Crippen molar-refractivity contribution in [1.29, 1.82) is 0 Å². The Morgan fingerprint density at radius 2 is 1.71 bits per heavy atom. The first-order valence-electron chi connectivity index (χ1n) is 7.07. The minimum atomic E-state index is -4.38. The highest BCUT2D eigenvalue weighted by molar-refractivity contribution is 5.89. The molecule has 0 fully saturated rings. The number of Topliss-reactive ketones (excluding diaryl/α,β-unsaturated/α-hetero) is 1. The largest absolute Gasteiger partial charge is 0.416 e. The smallest absolute Gasteiger partial charge is 0.297 e. The van der Waals surface area contributed by atoms with Crippen LogP contribution in [0.25, 0.3) is 0 Å². The van der Waals surface area contributed by atoms with Crippen molar-refractivity contribution in [3.63, 3.8) is 0 Å². The van der Waals surface area contributed by atoms with E-state index in [1.807, 2.05) is 32.6 Å². The highest BCUT2D eigenvalue weighted by atomic mass is 19.4. The average Bonchev–Trinajstić information content (AvgIpc) is 2.39. The maximum Gasteiger partial charge on any atom is 0.416 e. The van der Waals surface area contributed by atoms with Gasteiger partial charge in [-0.05, 0) is 38.6 Å². The van der Waals surface area contributed by atoms with Gasteiger partial charge in [0.25, 0.3) is 0 Å². The standard InChI is InChI=1S/C16H22F3NO/c1-5-20(6-2)15(3,4)14(21)11-12-8-7-9-13(10-12)16(17,18)19/h7-10H,5-6,11H2,1-4H3. The van der Waals surface area contributed by atoms with Gasteiger partial charge in [0.2, 0.25) is 0 Å². The Hall–Kier alpha value is -1.36. The molecule has 0 N–H and O–H groups in total. The summed E-state index contributed by atoms with van der Waals surface area (Å²) in [5, 5.41) is 0. The number of carbonyl (C=O) groups is 1. The van der Waals surface area contributed by atoms with Gasteiger partial charge in [0.05, 0.1) is 11.1 Å². The van der Waals surface area contributed by atoms with Gasteiger partial charge in [-0.25, -0.2) is 0 Å². The summed E-state index contributed by atoms with van der Waals surface area (Å²) in [6, 6.07) is 4.97. The zero-order chi connectivity index (χ0) is 16.3. The van der Waals surface area contributed by atoms with Crippen LogP contribution < -0.4 is 0 Å². The van der Waals surface area contributed by atoms with E-state index in [9.17, 15) is 18.0 Å². The Bertz CT molecular complexity index is 491. The molecule has 0 amide bonds. The maximum absolute atomic E-state index is 12.7. The minimum Gasteiger partial charge on any atom is -0.297 e. The molecular weight excluding hydrogens is 279 g/mol. The fraction of sp³-hybridized carbons (Fsp3) is 0.562. The van der Waals surface area contributed by atoms with E-state index in [1.165, 1.54) is 6.07 Å². The van der Waals surface area contributed by atoms with Gasteiger partial charge in [0.15, 0.2) is 5.78 Å². The summed E-state index contributed by atoms with van der Waals surface area (Å²) < 4.78 is 38.1. The van der Waals surface area contributed by atoms with Crippen LogP contribution in [0.4, 0.5) is 13.2 Å². The lowest BCUT2D eigenvalue weighted by atomic mass is 9.91. The Kier molecular flexibility index (Phi) is 5.56. The van der Waals surface area contributed by atoms with E-state index in [0.29, 0.717) is 5.56 Å². The first kappa shape index (κ1) is 17.7. The number of rotatable bonds is 6. The molecular formula is C16H22F3NO. The summed E-state index contributed by atoms with van der Waals surface area (Å²) in [5.74, 6) is -0.0782. The fourth-order valence-corrected chi connectivity index (χ4v) is 2.45. The van der Waals surface area contributed by atoms with Crippen LogP contribution in [0.2, 0.25) is 0 Å². The van der Waals surface area contributed by atoms with Crippen molar-refractivity contribution in [2.45, 2.75) is 45.8 Å². The van der Waals surface area contributed by atoms with Crippen molar-refractivity contribution in [3.8, 4) is 0 Å². The summed E-state index contributed by atoms with van der Waals surface area (Å²) in [7, 11) is 0. The molecule has 0 saturated heterocycles. The first-order chi connectivity index (χ1) is 9.62. The second-order valence-corrected chi connectivity index (χ2v) is 5.53. The van der Waals surface area contributed by atoms with Gasteiger partial charge in [-0.3, -0.25) is 9.69 Å². The lowest BCUT2D eigenvalue weighted by molar-refractivity contribution is -0.137. The predicted octanol–water partition coefficient (Wildman–Crippen LogP) is 3.94. The number of ketones is 1.